The topological polar surface area (TPSA) is 35.8 Å². The van der Waals surface area contributed by atoms with E-state index >= 15 is 0 Å². The zero-order valence-electron chi connectivity index (χ0n) is 12.8. The molecule has 0 fully saturated rings. The second-order valence-electron chi connectivity index (χ2n) is 5.36. The number of unbranched alkanes of at least 4 members (excludes halogenated alkanes) is 1. The lowest BCUT2D eigenvalue weighted by atomic mass is 9.99. The summed E-state index contributed by atoms with van der Waals surface area (Å²) >= 11 is 0. The van der Waals surface area contributed by atoms with Crippen LogP contribution in [0.1, 0.15) is 48.9 Å². The van der Waals surface area contributed by atoms with E-state index in [0.29, 0.717) is 0 Å². The van der Waals surface area contributed by atoms with Gasteiger partial charge in [-0.3, -0.25) is 0 Å². The van der Waals surface area contributed by atoms with Crippen LogP contribution in [-0.2, 0) is 0 Å². The summed E-state index contributed by atoms with van der Waals surface area (Å²) in [4.78, 5) is 0. The van der Waals surface area contributed by atoms with Gasteiger partial charge in [-0.2, -0.15) is 5.26 Å². The third-order valence-corrected chi connectivity index (χ3v) is 3.76. The molecule has 0 saturated heterocycles. The van der Waals surface area contributed by atoms with Crippen molar-refractivity contribution in [1.29, 1.82) is 5.26 Å². The van der Waals surface area contributed by atoms with Crippen molar-refractivity contribution >= 4 is 5.69 Å². The minimum Gasteiger partial charge on any atom is -0.377 e. The van der Waals surface area contributed by atoms with Crippen LogP contribution in [0.25, 0.3) is 0 Å². The first-order valence-corrected chi connectivity index (χ1v) is 7.57. The van der Waals surface area contributed by atoms with Crippen molar-refractivity contribution in [1.82, 2.24) is 0 Å². The van der Waals surface area contributed by atoms with Gasteiger partial charge < -0.3 is 5.32 Å². The lowest BCUT2D eigenvalue weighted by Crippen LogP contribution is -2.12. The van der Waals surface area contributed by atoms with E-state index in [2.05, 4.69) is 42.6 Å². The Morgan fingerprint density at radius 2 is 1.86 bits per heavy atom. The van der Waals surface area contributed by atoms with Gasteiger partial charge in [-0.1, -0.05) is 62.2 Å². The molecule has 1 N–H and O–H groups in total. The van der Waals surface area contributed by atoms with E-state index in [1.54, 1.807) is 0 Å². The third kappa shape index (κ3) is 3.86. The summed E-state index contributed by atoms with van der Waals surface area (Å²) in [5.41, 5.74) is 3.97. The number of anilines is 1. The Labute approximate surface area is 127 Å². The largest absolute Gasteiger partial charge is 0.377 e. The van der Waals surface area contributed by atoms with Crippen LogP contribution in [0, 0.1) is 18.3 Å². The van der Waals surface area contributed by atoms with Gasteiger partial charge in [-0.25, -0.2) is 0 Å². The molecule has 2 aromatic rings. The minimum absolute atomic E-state index is 0.250. The van der Waals surface area contributed by atoms with Crippen LogP contribution in [-0.4, -0.2) is 0 Å². The highest BCUT2D eigenvalue weighted by molar-refractivity contribution is 5.61. The Bertz CT molecular complexity index is 611. The number of hydrogen-bond donors (Lipinski definition) is 1. The second kappa shape index (κ2) is 7.50. The predicted molar refractivity (Wildman–Crippen MR) is 88.2 cm³/mol. The molecule has 2 heteroatoms. The maximum absolute atomic E-state index is 9.37. The highest BCUT2D eigenvalue weighted by atomic mass is 14.9. The first kappa shape index (κ1) is 15.1. The van der Waals surface area contributed by atoms with E-state index < -0.39 is 0 Å². The second-order valence-corrected chi connectivity index (χ2v) is 5.36. The van der Waals surface area contributed by atoms with E-state index in [9.17, 15) is 5.26 Å². The molecule has 2 rings (SSSR count). The minimum atomic E-state index is 0.250. The average Bonchev–Trinajstić information content (AvgIpc) is 2.52. The lowest BCUT2D eigenvalue weighted by molar-refractivity contribution is 0.634. The van der Waals surface area contributed by atoms with Crippen LogP contribution in [0.4, 0.5) is 5.69 Å². The molecule has 0 aliphatic heterocycles. The van der Waals surface area contributed by atoms with Gasteiger partial charge in [0.2, 0.25) is 0 Å². The van der Waals surface area contributed by atoms with Crippen molar-refractivity contribution in [2.75, 3.05) is 5.32 Å². The van der Waals surface area contributed by atoms with Crippen LogP contribution in [0.3, 0.4) is 0 Å². The monoisotopic (exact) mass is 278 g/mol. The van der Waals surface area contributed by atoms with E-state index in [-0.39, 0.29) is 6.04 Å². The number of nitrogens with one attached hydrogen (secondary N) is 1. The van der Waals surface area contributed by atoms with E-state index in [4.69, 9.17) is 0 Å². The van der Waals surface area contributed by atoms with Crippen molar-refractivity contribution in [3.63, 3.8) is 0 Å². The van der Waals surface area contributed by atoms with Gasteiger partial charge in [0, 0.05) is 0 Å². The van der Waals surface area contributed by atoms with Gasteiger partial charge >= 0.3 is 0 Å². The fraction of sp³-hybridized carbons (Fsp3) is 0.316. The van der Waals surface area contributed by atoms with Crippen LogP contribution < -0.4 is 5.32 Å². The van der Waals surface area contributed by atoms with Gasteiger partial charge in [0.15, 0.2) is 0 Å². The zero-order chi connectivity index (χ0) is 15.1. The molecule has 2 aromatic carbocycles. The summed E-state index contributed by atoms with van der Waals surface area (Å²) in [7, 11) is 0. The summed E-state index contributed by atoms with van der Waals surface area (Å²) in [5.74, 6) is 0. The maximum atomic E-state index is 9.37. The Morgan fingerprint density at radius 3 is 2.52 bits per heavy atom. The first-order valence-electron chi connectivity index (χ1n) is 7.57. The van der Waals surface area contributed by atoms with Gasteiger partial charge in [-0.05, 0) is 30.5 Å². The zero-order valence-corrected chi connectivity index (χ0v) is 12.8. The van der Waals surface area contributed by atoms with Crippen molar-refractivity contribution in [3.05, 3.63) is 65.2 Å². The number of rotatable bonds is 6. The number of nitrogens with zero attached hydrogens (tertiary/aromatic N) is 1. The van der Waals surface area contributed by atoms with Crippen molar-refractivity contribution in [3.8, 4) is 6.07 Å². The molecule has 0 aliphatic carbocycles. The molecule has 0 radical (unpaired) electrons. The normalized spacial score (nSPS) is 11.7. The standard InChI is InChI=1S/C19H22N2/c1-3-4-12-18(16-10-6-5-7-11-16)21-19-13-8-9-15(2)17(19)14-20/h5-11,13,18,21H,3-4,12H2,1-2H3. The quantitative estimate of drug-likeness (QED) is 0.787. The van der Waals surface area contributed by atoms with Gasteiger partial charge in [0.05, 0.1) is 17.3 Å². The molecule has 0 bridgehead atoms. The van der Waals surface area contributed by atoms with Gasteiger partial charge in [0.25, 0.3) is 0 Å². The fourth-order valence-electron chi connectivity index (χ4n) is 2.54. The van der Waals surface area contributed by atoms with Crippen molar-refractivity contribution in [2.45, 2.75) is 39.2 Å². The fourth-order valence-corrected chi connectivity index (χ4v) is 2.54. The Morgan fingerprint density at radius 1 is 1.10 bits per heavy atom. The molecule has 1 unspecified atom stereocenters. The highest BCUT2D eigenvalue weighted by Gasteiger charge is 2.13. The number of aryl methyl sites for hydroxylation is 1. The third-order valence-electron chi connectivity index (χ3n) is 3.76. The van der Waals surface area contributed by atoms with Crippen LogP contribution in [0.2, 0.25) is 0 Å². The average molecular weight is 278 g/mol. The molecule has 0 saturated carbocycles. The Balaban J connectivity index is 2.28. The molecule has 0 amide bonds. The SMILES string of the molecule is CCCCC(Nc1cccc(C)c1C#N)c1ccccc1. The lowest BCUT2D eigenvalue weighted by Gasteiger charge is -2.21. The maximum Gasteiger partial charge on any atom is 0.102 e. The summed E-state index contributed by atoms with van der Waals surface area (Å²) in [6, 6.07) is 19.0. The molecule has 0 aliphatic rings. The van der Waals surface area contributed by atoms with E-state index in [1.165, 1.54) is 18.4 Å². The van der Waals surface area contributed by atoms with Crippen LogP contribution in [0.15, 0.2) is 48.5 Å². The molecular formula is C19H22N2. The Hall–Kier alpha value is -2.27. The van der Waals surface area contributed by atoms with Crippen molar-refractivity contribution < 1.29 is 0 Å². The van der Waals surface area contributed by atoms with Crippen molar-refractivity contribution in [2.24, 2.45) is 0 Å². The van der Waals surface area contributed by atoms with E-state index in [0.717, 1.165) is 23.2 Å². The summed E-state index contributed by atoms with van der Waals surface area (Å²) < 4.78 is 0. The molecule has 0 spiro atoms. The van der Waals surface area contributed by atoms with Gasteiger partial charge in [-0.15, -0.1) is 0 Å². The summed E-state index contributed by atoms with van der Waals surface area (Å²) in [6.07, 6.45) is 3.41. The van der Waals surface area contributed by atoms with E-state index in [1.807, 2.05) is 31.2 Å². The molecule has 108 valence electrons. The molecule has 0 heterocycles. The summed E-state index contributed by atoms with van der Waals surface area (Å²) in [6.45, 7) is 4.18. The number of hydrogen-bond acceptors (Lipinski definition) is 2. The molecule has 2 nitrogen and oxygen atoms in total. The molecule has 0 aromatic heterocycles. The molecule has 1 atom stereocenters. The molecular weight excluding hydrogens is 256 g/mol. The highest BCUT2D eigenvalue weighted by Crippen LogP contribution is 2.27. The number of nitriles is 1. The summed E-state index contributed by atoms with van der Waals surface area (Å²) in [5, 5.41) is 12.9. The van der Waals surface area contributed by atoms with Crippen LogP contribution >= 0.6 is 0 Å². The first-order chi connectivity index (χ1) is 10.3. The van der Waals surface area contributed by atoms with Gasteiger partial charge in [0.1, 0.15) is 6.07 Å². The smallest absolute Gasteiger partial charge is 0.102 e. The molecule has 21 heavy (non-hydrogen) atoms. The van der Waals surface area contributed by atoms with Crippen LogP contribution in [0.5, 0.6) is 0 Å². The Kier molecular flexibility index (Phi) is 5.40. The predicted octanol–water partition coefficient (Wildman–Crippen LogP) is 5.21. The number of benzene rings is 2.